The third kappa shape index (κ3) is 5.75. The second-order valence-electron chi connectivity index (χ2n) is 5.21. The molecule has 96 valence electrons. The van der Waals surface area contributed by atoms with E-state index in [1.54, 1.807) is 11.8 Å². The van der Waals surface area contributed by atoms with Gasteiger partial charge in [0.15, 0.2) is 0 Å². The summed E-state index contributed by atoms with van der Waals surface area (Å²) < 4.78 is 0. The first-order chi connectivity index (χ1) is 7.34. The Morgan fingerprint density at radius 1 is 1.44 bits per heavy atom. The lowest BCUT2D eigenvalue weighted by Gasteiger charge is -2.32. The topological polar surface area (TPSA) is 55.1 Å². The third-order valence-electron chi connectivity index (χ3n) is 2.60. The molecule has 0 aromatic rings. The molecule has 0 aliphatic heterocycles. The average Bonchev–Trinajstić information content (AvgIpc) is 2.16. The van der Waals surface area contributed by atoms with Crippen LogP contribution < -0.4 is 11.1 Å². The molecule has 0 aromatic heterocycles. The Bertz CT molecular complexity index is 221. The van der Waals surface area contributed by atoms with Crippen LogP contribution in [0.5, 0.6) is 0 Å². The lowest BCUT2D eigenvalue weighted by Crippen LogP contribution is -2.53. The quantitative estimate of drug-likeness (QED) is 0.721. The van der Waals surface area contributed by atoms with Gasteiger partial charge >= 0.3 is 0 Å². The maximum atomic E-state index is 11.9. The van der Waals surface area contributed by atoms with Crippen LogP contribution in [-0.4, -0.2) is 30.0 Å². The van der Waals surface area contributed by atoms with Gasteiger partial charge in [-0.2, -0.15) is 11.8 Å². The van der Waals surface area contributed by atoms with Crippen LogP contribution in [0.4, 0.5) is 0 Å². The number of rotatable bonds is 7. The van der Waals surface area contributed by atoms with Gasteiger partial charge in [-0.05, 0) is 25.5 Å². The second-order valence-corrected chi connectivity index (χ2v) is 6.12. The average molecular weight is 246 g/mol. The zero-order valence-electron chi connectivity index (χ0n) is 11.2. The van der Waals surface area contributed by atoms with Crippen LogP contribution in [-0.2, 0) is 4.79 Å². The number of nitrogens with two attached hydrogens (primary N) is 1. The van der Waals surface area contributed by atoms with E-state index >= 15 is 0 Å². The summed E-state index contributed by atoms with van der Waals surface area (Å²) in [6, 6.07) is 0. The smallest absolute Gasteiger partial charge is 0.224 e. The number of nitrogens with one attached hydrogen (secondary N) is 1. The molecule has 0 radical (unpaired) electrons. The highest BCUT2D eigenvalue weighted by Gasteiger charge is 2.27. The third-order valence-corrected chi connectivity index (χ3v) is 3.43. The van der Waals surface area contributed by atoms with Gasteiger partial charge in [0.25, 0.3) is 0 Å². The highest BCUT2D eigenvalue weighted by atomic mass is 32.2. The van der Waals surface area contributed by atoms with Gasteiger partial charge in [0.1, 0.15) is 0 Å². The lowest BCUT2D eigenvalue weighted by atomic mass is 9.90. The van der Waals surface area contributed by atoms with Crippen molar-refractivity contribution in [2.45, 2.75) is 39.7 Å². The standard InChI is InChI=1S/C12H26N2OS/c1-9(2)6-12(4,8-13)14-11(15)10(3)7-16-5/h9-10H,6-8,13H2,1-5H3,(H,14,15). The first-order valence-corrected chi connectivity index (χ1v) is 7.25. The molecule has 0 aliphatic rings. The van der Waals surface area contributed by atoms with Crippen molar-refractivity contribution in [1.82, 2.24) is 5.32 Å². The predicted molar refractivity (Wildman–Crippen MR) is 72.6 cm³/mol. The van der Waals surface area contributed by atoms with Crippen LogP contribution in [0.1, 0.15) is 34.1 Å². The molecule has 0 bridgehead atoms. The van der Waals surface area contributed by atoms with Crippen molar-refractivity contribution in [3.8, 4) is 0 Å². The van der Waals surface area contributed by atoms with Crippen LogP contribution in [0.3, 0.4) is 0 Å². The second kappa shape index (κ2) is 7.17. The van der Waals surface area contributed by atoms with Gasteiger partial charge in [-0.1, -0.05) is 20.8 Å². The molecular weight excluding hydrogens is 220 g/mol. The van der Waals surface area contributed by atoms with Gasteiger partial charge < -0.3 is 11.1 Å². The molecule has 0 saturated heterocycles. The first kappa shape index (κ1) is 15.8. The van der Waals surface area contributed by atoms with Gasteiger partial charge in [0.05, 0.1) is 0 Å². The maximum Gasteiger partial charge on any atom is 0.224 e. The van der Waals surface area contributed by atoms with E-state index in [0.717, 1.165) is 12.2 Å². The maximum absolute atomic E-state index is 11.9. The fourth-order valence-corrected chi connectivity index (χ4v) is 2.48. The minimum absolute atomic E-state index is 0.0491. The fraction of sp³-hybridized carbons (Fsp3) is 0.917. The molecule has 16 heavy (non-hydrogen) atoms. The molecule has 1 amide bonds. The van der Waals surface area contributed by atoms with Gasteiger partial charge in [0.2, 0.25) is 5.91 Å². The van der Waals surface area contributed by atoms with Crippen molar-refractivity contribution < 1.29 is 4.79 Å². The zero-order chi connectivity index (χ0) is 12.8. The molecule has 3 nitrogen and oxygen atoms in total. The first-order valence-electron chi connectivity index (χ1n) is 5.85. The number of carbonyl (C=O) groups excluding carboxylic acids is 1. The van der Waals surface area contributed by atoms with Crippen LogP contribution in [0.15, 0.2) is 0 Å². The fourth-order valence-electron chi connectivity index (χ4n) is 1.83. The largest absolute Gasteiger partial charge is 0.349 e. The van der Waals surface area contributed by atoms with Crippen LogP contribution in [0.2, 0.25) is 0 Å². The van der Waals surface area contributed by atoms with E-state index in [1.807, 2.05) is 20.1 Å². The molecule has 0 spiro atoms. The van der Waals surface area contributed by atoms with Crippen LogP contribution in [0.25, 0.3) is 0 Å². The molecule has 0 rings (SSSR count). The molecule has 0 aliphatic carbocycles. The molecule has 4 heteroatoms. The minimum atomic E-state index is -0.266. The number of carbonyl (C=O) groups is 1. The monoisotopic (exact) mass is 246 g/mol. The van der Waals surface area contributed by atoms with Crippen molar-refractivity contribution in [2.75, 3.05) is 18.6 Å². The number of amides is 1. The molecule has 0 aromatic carbocycles. The van der Waals surface area contributed by atoms with E-state index in [2.05, 4.69) is 19.2 Å². The Labute approximate surface area is 104 Å². The van der Waals surface area contributed by atoms with E-state index in [0.29, 0.717) is 12.5 Å². The van der Waals surface area contributed by atoms with Crippen molar-refractivity contribution in [2.24, 2.45) is 17.6 Å². The van der Waals surface area contributed by atoms with Crippen LogP contribution >= 0.6 is 11.8 Å². The number of hydrogen-bond donors (Lipinski definition) is 2. The van der Waals surface area contributed by atoms with Gasteiger partial charge in [0, 0.05) is 23.8 Å². The lowest BCUT2D eigenvalue weighted by molar-refractivity contribution is -0.125. The summed E-state index contributed by atoms with van der Waals surface area (Å²) in [4.78, 5) is 11.9. The van der Waals surface area contributed by atoms with E-state index in [-0.39, 0.29) is 17.4 Å². The Balaban J connectivity index is 4.35. The molecule has 2 unspecified atom stereocenters. The van der Waals surface area contributed by atoms with Gasteiger partial charge in [-0.15, -0.1) is 0 Å². The van der Waals surface area contributed by atoms with E-state index in [4.69, 9.17) is 5.73 Å². The summed E-state index contributed by atoms with van der Waals surface area (Å²) in [6.07, 6.45) is 2.93. The number of hydrogen-bond acceptors (Lipinski definition) is 3. The Morgan fingerprint density at radius 3 is 2.38 bits per heavy atom. The Kier molecular flexibility index (Phi) is 7.07. The molecule has 0 saturated carbocycles. The summed E-state index contributed by atoms with van der Waals surface area (Å²) >= 11 is 1.69. The summed E-state index contributed by atoms with van der Waals surface area (Å²) in [5.74, 6) is 1.55. The highest BCUT2D eigenvalue weighted by Crippen LogP contribution is 2.16. The molecule has 0 fully saturated rings. The van der Waals surface area contributed by atoms with E-state index in [9.17, 15) is 4.79 Å². The van der Waals surface area contributed by atoms with E-state index < -0.39 is 0 Å². The number of thioether (sulfide) groups is 1. The van der Waals surface area contributed by atoms with Crippen molar-refractivity contribution in [3.05, 3.63) is 0 Å². The summed E-state index contributed by atoms with van der Waals surface area (Å²) in [5.41, 5.74) is 5.49. The molecule has 0 heterocycles. The van der Waals surface area contributed by atoms with Crippen molar-refractivity contribution in [1.29, 1.82) is 0 Å². The molecule has 2 atom stereocenters. The van der Waals surface area contributed by atoms with Crippen molar-refractivity contribution >= 4 is 17.7 Å². The van der Waals surface area contributed by atoms with Gasteiger partial charge in [-0.25, -0.2) is 0 Å². The summed E-state index contributed by atoms with van der Waals surface area (Å²) in [7, 11) is 0. The summed E-state index contributed by atoms with van der Waals surface area (Å²) in [5, 5.41) is 3.08. The minimum Gasteiger partial charge on any atom is -0.349 e. The molecular formula is C12H26N2OS. The van der Waals surface area contributed by atoms with Crippen LogP contribution in [0, 0.1) is 11.8 Å². The van der Waals surface area contributed by atoms with E-state index in [1.165, 1.54) is 0 Å². The Morgan fingerprint density at radius 2 is 2.00 bits per heavy atom. The van der Waals surface area contributed by atoms with Gasteiger partial charge in [-0.3, -0.25) is 4.79 Å². The Hall–Kier alpha value is -0.220. The predicted octanol–water partition coefficient (Wildman–Crippen LogP) is 1.87. The van der Waals surface area contributed by atoms with Crippen molar-refractivity contribution in [3.63, 3.8) is 0 Å². The zero-order valence-corrected chi connectivity index (χ0v) is 12.0. The molecule has 3 N–H and O–H groups in total. The normalized spacial score (nSPS) is 16.9. The SMILES string of the molecule is CSCC(C)C(=O)NC(C)(CN)CC(C)C. The highest BCUT2D eigenvalue weighted by molar-refractivity contribution is 7.98. The summed E-state index contributed by atoms with van der Waals surface area (Å²) in [6.45, 7) is 8.76.